The number of thiophene rings is 1. The number of carbonyl (C=O) groups excluding carboxylic acids is 1. The molecule has 0 unspecified atom stereocenters. The maximum Gasteiger partial charge on any atom is 0.349 e. The molecule has 3 heterocycles. The number of aryl methyl sites for hydroxylation is 3. The summed E-state index contributed by atoms with van der Waals surface area (Å²) in [6.45, 7) is 5.61. The highest BCUT2D eigenvalue weighted by atomic mass is 32.1. The van der Waals surface area contributed by atoms with Gasteiger partial charge in [0.1, 0.15) is 16.4 Å². The van der Waals surface area contributed by atoms with Crippen molar-refractivity contribution >= 4 is 17.3 Å². The molecule has 1 aromatic carbocycles. The van der Waals surface area contributed by atoms with Gasteiger partial charge in [-0.25, -0.2) is 4.79 Å². The largest absolute Gasteiger partial charge is 0.466 e. The number of benzene rings is 1. The number of ether oxygens (including phenoxy) is 1. The first-order valence-electron chi connectivity index (χ1n) is 8.72. The number of esters is 1. The maximum atomic E-state index is 12.6. The molecule has 0 radical (unpaired) electrons. The summed E-state index contributed by atoms with van der Waals surface area (Å²) in [7, 11) is 0. The van der Waals surface area contributed by atoms with Crippen molar-refractivity contribution in [2.45, 2.75) is 27.4 Å². The maximum absolute atomic E-state index is 12.6. The van der Waals surface area contributed by atoms with Crippen molar-refractivity contribution in [2.24, 2.45) is 0 Å². The molecule has 0 bridgehead atoms. The minimum absolute atomic E-state index is 0.0903. The molecule has 0 aliphatic heterocycles. The van der Waals surface area contributed by atoms with Crippen LogP contribution in [0.5, 0.6) is 0 Å². The van der Waals surface area contributed by atoms with Crippen LogP contribution in [0.1, 0.15) is 32.6 Å². The first kappa shape index (κ1) is 18.2. The van der Waals surface area contributed by atoms with E-state index in [1.807, 2.05) is 62.5 Å². The van der Waals surface area contributed by atoms with Gasteiger partial charge in [0.05, 0.1) is 5.56 Å². The molecule has 7 heteroatoms. The van der Waals surface area contributed by atoms with E-state index in [-0.39, 0.29) is 12.5 Å². The van der Waals surface area contributed by atoms with Crippen molar-refractivity contribution in [2.75, 3.05) is 0 Å². The number of furan rings is 1. The molecule has 0 fully saturated rings. The smallest absolute Gasteiger partial charge is 0.349 e. The number of hydrogen-bond donors (Lipinski definition) is 0. The molecule has 0 aliphatic carbocycles. The lowest BCUT2D eigenvalue weighted by Crippen LogP contribution is -2.04. The molecule has 0 N–H and O–H groups in total. The third-order valence-electron chi connectivity index (χ3n) is 4.28. The van der Waals surface area contributed by atoms with Gasteiger partial charge >= 0.3 is 5.97 Å². The number of nitrogens with zero attached hydrogens (tertiary/aromatic N) is 2. The third-order valence-corrected chi connectivity index (χ3v) is 5.17. The van der Waals surface area contributed by atoms with Gasteiger partial charge < -0.3 is 13.6 Å². The fourth-order valence-corrected chi connectivity index (χ4v) is 3.69. The Morgan fingerprint density at radius 1 is 1.04 bits per heavy atom. The van der Waals surface area contributed by atoms with Crippen LogP contribution >= 0.6 is 11.3 Å². The first-order chi connectivity index (χ1) is 13.5. The number of hydrogen-bond acceptors (Lipinski definition) is 7. The number of rotatable bonds is 5. The molecule has 3 aromatic heterocycles. The van der Waals surface area contributed by atoms with Crippen LogP contribution in [0.15, 0.2) is 50.6 Å². The van der Waals surface area contributed by atoms with E-state index in [2.05, 4.69) is 10.2 Å². The molecule has 0 atom stereocenters. The van der Waals surface area contributed by atoms with Gasteiger partial charge in [-0.3, -0.25) is 0 Å². The summed E-state index contributed by atoms with van der Waals surface area (Å²) in [5.41, 5.74) is 3.73. The van der Waals surface area contributed by atoms with Crippen molar-refractivity contribution in [1.82, 2.24) is 10.2 Å². The van der Waals surface area contributed by atoms with Crippen molar-refractivity contribution in [3.8, 4) is 22.6 Å². The van der Waals surface area contributed by atoms with E-state index < -0.39 is 5.97 Å². The monoisotopic (exact) mass is 394 g/mol. The fraction of sp³-hybridized carbons (Fsp3) is 0.190. The highest BCUT2D eigenvalue weighted by molar-refractivity contribution is 7.12. The molecule has 6 nitrogen and oxygen atoms in total. The second-order valence-electron chi connectivity index (χ2n) is 6.43. The highest BCUT2D eigenvalue weighted by Crippen LogP contribution is 2.30. The van der Waals surface area contributed by atoms with E-state index in [0.29, 0.717) is 16.5 Å². The molecule has 0 saturated heterocycles. The Hall–Kier alpha value is -3.19. The van der Waals surface area contributed by atoms with Crippen LogP contribution in [-0.2, 0) is 11.3 Å². The van der Waals surface area contributed by atoms with Crippen molar-refractivity contribution < 1.29 is 18.4 Å². The van der Waals surface area contributed by atoms with Gasteiger partial charge in [-0.1, -0.05) is 29.8 Å². The Balaban J connectivity index is 1.47. The average Bonchev–Trinajstić information content (AvgIpc) is 3.40. The van der Waals surface area contributed by atoms with Crippen molar-refractivity contribution in [3.63, 3.8) is 0 Å². The Morgan fingerprint density at radius 2 is 1.82 bits per heavy atom. The molecular weight excluding hydrogens is 376 g/mol. The molecule has 4 aromatic rings. The minimum atomic E-state index is -0.416. The Labute approximate surface area is 165 Å². The highest BCUT2D eigenvalue weighted by Gasteiger charge is 2.19. The normalized spacial score (nSPS) is 11.0. The van der Waals surface area contributed by atoms with Gasteiger partial charge in [-0.2, -0.15) is 0 Å². The van der Waals surface area contributed by atoms with Gasteiger partial charge in [0.15, 0.2) is 6.61 Å². The average molecular weight is 394 g/mol. The predicted octanol–water partition coefficient (Wildman–Crippen LogP) is 5.34. The summed E-state index contributed by atoms with van der Waals surface area (Å²) in [5.74, 6) is 1.62. The molecule has 0 aliphatic rings. The molecule has 4 rings (SSSR count). The molecule has 0 amide bonds. The Morgan fingerprint density at radius 3 is 2.54 bits per heavy atom. The van der Waals surface area contributed by atoms with Gasteiger partial charge in [0.25, 0.3) is 11.8 Å². The van der Waals surface area contributed by atoms with Crippen LogP contribution in [0, 0.1) is 20.8 Å². The summed E-state index contributed by atoms with van der Waals surface area (Å²) in [5, 5.41) is 9.84. The first-order valence-corrected chi connectivity index (χ1v) is 9.60. The fourth-order valence-electron chi connectivity index (χ4n) is 2.88. The van der Waals surface area contributed by atoms with Gasteiger partial charge in [-0.05, 0) is 43.8 Å². The molecule has 0 saturated carbocycles. The zero-order chi connectivity index (χ0) is 19.7. The molecule has 142 valence electrons. The topological polar surface area (TPSA) is 78.4 Å². The van der Waals surface area contributed by atoms with E-state index >= 15 is 0 Å². The SMILES string of the molecule is Cc1ccc(-c2ccsc2C(=O)OCc2nnc(-c3cc(C)oc3C)o2)cc1. The van der Waals surface area contributed by atoms with E-state index in [1.165, 1.54) is 16.9 Å². The zero-order valence-corrected chi connectivity index (χ0v) is 16.5. The summed E-state index contributed by atoms with van der Waals surface area (Å²) in [4.78, 5) is 13.1. The lowest BCUT2D eigenvalue weighted by molar-refractivity contribution is 0.0445. The zero-order valence-electron chi connectivity index (χ0n) is 15.7. The van der Waals surface area contributed by atoms with Gasteiger partial charge in [0.2, 0.25) is 0 Å². The van der Waals surface area contributed by atoms with Crippen LogP contribution in [0.3, 0.4) is 0 Å². The van der Waals surface area contributed by atoms with Crippen molar-refractivity contribution in [3.05, 3.63) is 69.6 Å². The van der Waals surface area contributed by atoms with E-state index in [9.17, 15) is 4.79 Å². The van der Waals surface area contributed by atoms with Crippen LogP contribution in [0.2, 0.25) is 0 Å². The summed E-state index contributed by atoms with van der Waals surface area (Å²) < 4.78 is 16.5. The summed E-state index contributed by atoms with van der Waals surface area (Å²) in [6, 6.07) is 11.8. The van der Waals surface area contributed by atoms with Gasteiger partial charge in [-0.15, -0.1) is 21.5 Å². The van der Waals surface area contributed by atoms with Crippen LogP contribution in [0.25, 0.3) is 22.6 Å². The number of carbonyl (C=O) groups is 1. The standard InChI is InChI=1S/C21H18N2O4S/c1-12-4-6-15(7-5-12)16-8-9-28-19(16)21(24)25-11-18-22-23-20(27-18)17-10-13(2)26-14(17)3/h4-10H,11H2,1-3H3. The van der Waals surface area contributed by atoms with Gasteiger partial charge in [0, 0.05) is 5.56 Å². The number of aromatic nitrogens is 2. The van der Waals surface area contributed by atoms with E-state index in [4.69, 9.17) is 13.6 Å². The molecule has 0 spiro atoms. The quantitative estimate of drug-likeness (QED) is 0.425. The van der Waals surface area contributed by atoms with Crippen LogP contribution in [0.4, 0.5) is 0 Å². The van der Waals surface area contributed by atoms with Crippen molar-refractivity contribution in [1.29, 1.82) is 0 Å². The minimum Gasteiger partial charge on any atom is -0.466 e. The summed E-state index contributed by atoms with van der Waals surface area (Å²) >= 11 is 1.35. The third kappa shape index (κ3) is 3.61. The van der Waals surface area contributed by atoms with Crippen LogP contribution in [-0.4, -0.2) is 16.2 Å². The predicted molar refractivity (Wildman–Crippen MR) is 105 cm³/mol. The molecular formula is C21H18N2O4S. The van der Waals surface area contributed by atoms with E-state index in [0.717, 1.165) is 22.5 Å². The van der Waals surface area contributed by atoms with E-state index in [1.54, 1.807) is 0 Å². The second-order valence-corrected chi connectivity index (χ2v) is 7.35. The Kier molecular flexibility index (Phi) is 4.83. The summed E-state index contributed by atoms with van der Waals surface area (Å²) in [6.07, 6.45) is 0. The second kappa shape index (κ2) is 7.44. The molecule has 28 heavy (non-hydrogen) atoms. The lowest BCUT2D eigenvalue weighted by atomic mass is 10.1. The Bertz CT molecular complexity index is 1120. The van der Waals surface area contributed by atoms with Crippen LogP contribution < -0.4 is 0 Å². The lowest BCUT2D eigenvalue weighted by Gasteiger charge is -2.04.